The molecule has 1 aromatic rings. The molecular weight excluding hydrogens is 266 g/mol. The van der Waals surface area contributed by atoms with E-state index >= 15 is 0 Å². The molecule has 2 atom stereocenters. The zero-order valence-electron chi connectivity index (χ0n) is 13.1. The van der Waals surface area contributed by atoms with E-state index in [-0.39, 0.29) is 5.60 Å². The minimum absolute atomic E-state index is 0.0449. The first-order valence-corrected chi connectivity index (χ1v) is 7.56. The summed E-state index contributed by atoms with van der Waals surface area (Å²) in [6.07, 6.45) is 2.05. The smallest absolute Gasteiger partial charge is 0.310 e. The van der Waals surface area contributed by atoms with Crippen molar-refractivity contribution in [2.75, 3.05) is 6.61 Å². The maximum Gasteiger partial charge on any atom is 0.310 e. The Kier molecular flexibility index (Phi) is 5.01. The van der Waals surface area contributed by atoms with Crippen LogP contribution in [-0.2, 0) is 16.1 Å². The van der Waals surface area contributed by atoms with E-state index in [2.05, 4.69) is 19.2 Å². The highest BCUT2D eigenvalue weighted by Gasteiger charge is 2.28. The zero-order valence-corrected chi connectivity index (χ0v) is 13.1. The largest absolute Gasteiger partial charge is 0.481 e. The molecule has 0 amide bonds. The summed E-state index contributed by atoms with van der Waals surface area (Å²) in [6.45, 7) is 7.58. The van der Waals surface area contributed by atoms with Crippen LogP contribution >= 0.6 is 0 Å². The van der Waals surface area contributed by atoms with Crippen molar-refractivity contribution < 1.29 is 14.6 Å². The normalized spacial score (nSPS) is 22.7. The fourth-order valence-corrected chi connectivity index (χ4v) is 2.74. The van der Waals surface area contributed by atoms with Crippen LogP contribution in [0.4, 0.5) is 0 Å². The van der Waals surface area contributed by atoms with Gasteiger partial charge in [0.25, 0.3) is 0 Å². The van der Waals surface area contributed by atoms with Gasteiger partial charge in [0.15, 0.2) is 0 Å². The van der Waals surface area contributed by atoms with Gasteiger partial charge in [0.2, 0.25) is 0 Å². The fraction of sp³-hybridized carbons (Fsp3) is 0.588. The maximum atomic E-state index is 11.0. The Morgan fingerprint density at radius 3 is 2.67 bits per heavy atom. The average Bonchev–Trinajstić information content (AvgIpc) is 2.44. The number of hydrogen-bond acceptors (Lipinski definition) is 3. The summed E-state index contributed by atoms with van der Waals surface area (Å²) < 4.78 is 5.72. The predicted octanol–water partition coefficient (Wildman–Crippen LogP) is 2.92. The Hall–Kier alpha value is -1.39. The molecule has 0 spiro atoms. The summed E-state index contributed by atoms with van der Waals surface area (Å²) in [7, 11) is 0. The Bertz CT molecular complexity index is 481. The van der Waals surface area contributed by atoms with Crippen molar-refractivity contribution in [2.24, 2.45) is 0 Å². The molecular formula is C17H25NO3. The molecule has 1 aromatic carbocycles. The number of rotatable bonds is 5. The second-order valence-electron chi connectivity index (χ2n) is 6.48. The van der Waals surface area contributed by atoms with Crippen molar-refractivity contribution in [3.05, 3.63) is 35.4 Å². The third kappa shape index (κ3) is 4.55. The number of nitrogens with one attached hydrogen (secondary N) is 1. The minimum Gasteiger partial charge on any atom is -0.481 e. The predicted molar refractivity (Wildman–Crippen MR) is 82.4 cm³/mol. The Balaban J connectivity index is 1.88. The summed E-state index contributed by atoms with van der Waals surface area (Å²) in [6, 6.07) is 8.30. The summed E-state index contributed by atoms with van der Waals surface area (Å²) in [4.78, 5) is 11.0. The van der Waals surface area contributed by atoms with Crippen LogP contribution in [0.2, 0.25) is 0 Å². The zero-order chi connectivity index (χ0) is 15.5. The molecule has 0 aromatic heterocycles. The third-order valence-corrected chi connectivity index (χ3v) is 4.14. The van der Waals surface area contributed by atoms with E-state index in [1.54, 1.807) is 6.92 Å². The highest BCUT2D eigenvalue weighted by molar-refractivity contribution is 5.75. The lowest BCUT2D eigenvalue weighted by Crippen LogP contribution is -2.43. The highest BCUT2D eigenvalue weighted by atomic mass is 16.5. The van der Waals surface area contributed by atoms with E-state index in [9.17, 15) is 4.79 Å². The minimum atomic E-state index is -0.787. The molecule has 1 aliphatic rings. The molecule has 21 heavy (non-hydrogen) atoms. The first kappa shape index (κ1) is 16.0. The molecule has 1 heterocycles. The number of hydrogen-bond donors (Lipinski definition) is 2. The van der Waals surface area contributed by atoms with Gasteiger partial charge in [-0.05, 0) is 44.7 Å². The van der Waals surface area contributed by atoms with E-state index < -0.39 is 11.9 Å². The van der Waals surface area contributed by atoms with Crippen LogP contribution in [0, 0.1) is 0 Å². The SMILES string of the molecule is CC(C(=O)O)c1ccc(CNC2CCOC(C)(C)C2)cc1. The van der Waals surface area contributed by atoms with Crippen molar-refractivity contribution in [3.63, 3.8) is 0 Å². The van der Waals surface area contributed by atoms with Crippen LogP contribution in [0.25, 0.3) is 0 Å². The van der Waals surface area contributed by atoms with Crippen molar-refractivity contribution in [2.45, 2.75) is 57.7 Å². The van der Waals surface area contributed by atoms with Crippen molar-refractivity contribution in [1.82, 2.24) is 5.32 Å². The van der Waals surface area contributed by atoms with Gasteiger partial charge in [0.05, 0.1) is 11.5 Å². The molecule has 1 fully saturated rings. The molecule has 116 valence electrons. The molecule has 0 aliphatic carbocycles. The third-order valence-electron chi connectivity index (χ3n) is 4.14. The summed E-state index contributed by atoms with van der Waals surface area (Å²) >= 11 is 0. The van der Waals surface area contributed by atoms with Crippen LogP contribution in [0.5, 0.6) is 0 Å². The van der Waals surface area contributed by atoms with Gasteiger partial charge in [-0.25, -0.2) is 0 Å². The molecule has 2 unspecified atom stereocenters. The van der Waals surface area contributed by atoms with E-state index in [1.165, 1.54) is 5.56 Å². The van der Waals surface area contributed by atoms with Gasteiger partial charge < -0.3 is 15.2 Å². The number of benzene rings is 1. The van der Waals surface area contributed by atoms with Gasteiger partial charge in [0, 0.05) is 19.2 Å². The average molecular weight is 291 g/mol. The van der Waals surface area contributed by atoms with Crippen LogP contribution in [-0.4, -0.2) is 29.3 Å². The van der Waals surface area contributed by atoms with Crippen molar-refractivity contribution >= 4 is 5.97 Å². The van der Waals surface area contributed by atoms with E-state index in [0.29, 0.717) is 6.04 Å². The van der Waals surface area contributed by atoms with Gasteiger partial charge in [-0.3, -0.25) is 4.79 Å². The fourth-order valence-electron chi connectivity index (χ4n) is 2.74. The Morgan fingerprint density at radius 1 is 1.43 bits per heavy atom. The first-order chi connectivity index (χ1) is 9.87. The lowest BCUT2D eigenvalue weighted by Gasteiger charge is -2.36. The van der Waals surface area contributed by atoms with Gasteiger partial charge in [-0.1, -0.05) is 24.3 Å². The van der Waals surface area contributed by atoms with E-state index in [1.807, 2.05) is 24.3 Å². The molecule has 1 aliphatic heterocycles. The Morgan fingerprint density at radius 2 is 2.10 bits per heavy atom. The monoisotopic (exact) mass is 291 g/mol. The number of carboxylic acids is 1. The number of carboxylic acid groups (broad SMARTS) is 1. The van der Waals surface area contributed by atoms with Crippen LogP contribution in [0.3, 0.4) is 0 Å². The molecule has 4 heteroatoms. The van der Waals surface area contributed by atoms with Crippen molar-refractivity contribution in [1.29, 1.82) is 0 Å². The van der Waals surface area contributed by atoms with Gasteiger partial charge >= 0.3 is 5.97 Å². The number of carbonyl (C=O) groups is 1. The Labute approximate surface area is 126 Å². The van der Waals surface area contributed by atoms with E-state index in [0.717, 1.165) is 31.6 Å². The quantitative estimate of drug-likeness (QED) is 0.875. The summed E-state index contributed by atoms with van der Waals surface area (Å²) in [5.74, 6) is -1.24. The lowest BCUT2D eigenvalue weighted by atomic mass is 9.93. The number of aliphatic carboxylic acids is 1. The summed E-state index contributed by atoms with van der Waals surface area (Å²) in [5, 5.41) is 12.6. The van der Waals surface area contributed by atoms with Gasteiger partial charge in [-0.2, -0.15) is 0 Å². The first-order valence-electron chi connectivity index (χ1n) is 7.56. The van der Waals surface area contributed by atoms with Gasteiger partial charge in [0.1, 0.15) is 0 Å². The second-order valence-corrected chi connectivity index (χ2v) is 6.48. The maximum absolute atomic E-state index is 11.0. The number of ether oxygens (including phenoxy) is 1. The second kappa shape index (κ2) is 6.58. The van der Waals surface area contributed by atoms with Crippen LogP contribution in [0.15, 0.2) is 24.3 Å². The highest BCUT2D eigenvalue weighted by Crippen LogP contribution is 2.24. The molecule has 2 N–H and O–H groups in total. The van der Waals surface area contributed by atoms with Crippen LogP contribution in [0.1, 0.15) is 50.7 Å². The molecule has 1 saturated heterocycles. The topological polar surface area (TPSA) is 58.6 Å². The molecule has 0 saturated carbocycles. The van der Waals surface area contributed by atoms with E-state index in [4.69, 9.17) is 9.84 Å². The van der Waals surface area contributed by atoms with Gasteiger partial charge in [-0.15, -0.1) is 0 Å². The molecule has 2 rings (SSSR count). The molecule has 0 radical (unpaired) electrons. The van der Waals surface area contributed by atoms with Crippen LogP contribution < -0.4 is 5.32 Å². The van der Waals surface area contributed by atoms with Crippen molar-refractivity contribution in [3.8, 4) is 0 Å². The lowest BCUT2D eigenvalue weighted by molar-refractivity contribution is -0.138. The molecule has 0 bridgehead atoms. The summed E-state index contributed by atoms with van der Waals surface area (Å²) in [5.41, 5.74) is 1.98. The standard InChI is InChI=1S/C17H25NO3/c1-12(16(19)20)14-6-4-13(5-7-14)11-18-15-8-9-21-17(2,3)10-15/h4-7,12,15,18H,8-11H2,1-3H3,(H,19,20). The molecule has 4 nitrogen and oxygen atoms in total.